The highest BCUT2D eigenvalue weighted by Gasteiger charge is 2.61. The van der Waals surface area contributed by atoms with Crippen molar-refractivity contribution in [1.82, 2.24) is 25.4 Å². The van der Waals surface area contributed by atoms with E-state index in [1.165, 1.54) is 18.6 Å². The summed E-state index contributed by atoms with van der Waals surface area (Å²) in [5.74, 6) is -0.401. The average Bonchev–Trinajstić information content (AvgIpc) is 3.09. The minimum Gasteiger partial charge on any atom is -0.338 e. The van der Waals surface area contributed by atoms with Crippen molar-refractivity contribution in [2.24, 2.45) is 0 Å². The summed E-state index contributed by atoms with van der Waals surface area (Å²) in [5, 5.41) is 6.28. The first kappa shape index (κ1) is 13.0. The molecule has 9 heteroatoms. The van der Waals surface area contributed by atoms with E-state index in [-0.39, 0.29) is 25.3 Å². The molecule has 3 rings (SSSR count). The third kappa shape index (κ3) is 1.94. The molecule has 0 bridgehead atoms. The Morgan fingerprint density at radius 2 is 2.20 bits per heavy atom. The minimum absolute atomic E-state index is 0.0259. The quantitative estimate of drug-likeness (QED) is 0.896. The van der Waals surface area contributed by atoms with Crippen LogP contribution in [0.1, 0.15) is 12.3 Å². The molecular formula is C11H10F3N5O. The van der Waals surface area contributed by atoms with Crippen molar-refractivity contribution >= 4 is 0 Å². The van der Waals surface area contributed by atoms with Crippen LogP contribution in [-0.4, -0.2) is 39.4 Å². The number of aromatic nitrogens is 4. The number of nitrogens with zero attached hydrogens (tertiary/aromatic N) is 4. The maximum atomic E-state index is 13.3. The van der Waals surface area contributed by atoms with Gasteiger partial charge in [0.15, 0.2) is 5.41 Å². The van der Waals surface area contributed by atoms with Gasteiger partial charge in [0.1, 0.15) is 12.0 Å². The highest BCUT2D eigenvalue weighted by Crippen LogP contribution is 2.44. The van der Waals surface area contributed by atoms with E-state index in [1.807, 2.05) is 0 Å². The normalized spacial score (nSPS) is 23.1. The molecule has 0 radical (unpaired) electrons. The lowest BCUT2D eigenvalue weighted by Crippen LogP contribution is -2.44. The highest BCUT2D eigenvalue weighted by atomic mass is 19.4. The Labute approximate surface area is 111 Å². The molecule has 3 heterocycles. The molecule has 2 aromatic rings. The molecule has 0 aromatic carbocycles. The van der Waals surface area contributed by atoms with Crippen LogP contribution in [0.25, 0.3) is 11.5 Å². The standard InChI is InChI=1S/C11H10F3N5O/c12-11(13,14)10(2-4-15-5-10)9-18-8(19-20-9)7-1-3-16-6-17-7/h1,3,6,15H,2,4-5H2. The first-order valence-electron chi connectivity index (χ1n) is 5.91. The molecule has 106 valence electrons. The van der Waals surface area contributed by atoms with Crippen molar-refractivity contribution < 1.29 is 17.7 Å². The van der Waals surface area contributed by atoms with Crippen LogP contribution in [0.5, 0.6) is 0 Å². The van der Waals surface area contributed by atoms with Crippen LogP contribution >= 0.6 is 0 Å². The smallest absolute Gasteiger partial charge is 0.338 e. The molecular weight excluding hydrogens is 275 g/mol. The van der Waals surface area contributed by atoms with E-state index in [1.54, 1.807) is 0 Å². The lowest BCUT2D eigenvalue weighted by molar-refractivity contribution is -0.191. The SMILES string of the molecule is FC(F)(F)C1(c2nc(-c3ccncn3)no2)CCNC1. The van der Waals surface area contributed by atoms with Gasteiger partial charge in [0.25, 0.3) is 0 Å². The summed E-state index contributed by atoms with van der Waals surface area (Å²) < 4.78 is 44.8. The molecule has 1 N–H and O–H groups in total. The highest BCUT2D eigenvalue weighted by molar-refractivity contribution is 5.46. The van der Waals surface area contributed by atoms with Gasteiger partial charge in [-0.2, -0.15) is 18.2 Å². The second kappa shape index (κ2) is 4.51. The fourth-order valence-electron chi connectivity index (χ4n) is 2.18. The lowest BCUT2D eigenvalue weighted by atomic mass is 9.86. The van der Waals surface area contributed by atoms with E-state index in [2.05, 4.69) is 25.4 Å². The fourth-order valence-corrected chi connectivity index (χ4v) is 2.18. The van der Waals surface area contributed by atoms with Crippen LogP contribution in [0.3, 0.4) is 0 Å². The third-order valence-corrected chi connectivity index (χ3v) is 3.34. The predicted molar refractivity (Wildman–Crippen MR) is 60.5 cm³/mol. The summed E-state index contributed by atoms with van der Waals surface area (Å²) in [6, 6.07) is 1.50. The van der Waals surface area contributed by atoms with Gasteiger partial charge in [-0.3, -0.25) is 0 Å². The van der Waals surface area contributed by atoms with E-state index >= 15 is 0 Å². The number of hydrogen-bond acceptors (Lipinski definition) is 6. The molecule has 0 aliphatic carbocycles. The number of nitrogens with one attached hydrogen (secondary N) is 1. The Balaban J connectivity index is 2.01. The topological polar surface area (TPSA) is 76.7 Å². The van der Waals surface area contributed by atoms with Gasteiger partial charge in [-0.05, 0) is 19.0 Å². The minimum atomic E-state index is -4.45. The Morgan fingerprint density at radius 1 is 1.35 bits per heavy atom. The first-order valence-corrected chi connectivity index (χ1v) is 5.91. The zero-order valence-electron chi connectivity index (χ0n) is 10.2. The van der Waals surface area contributed by atoms with Crippen LogP contribution in [0.2, 0.25) is 0 Å². The summed E-state index contributed by atoms with van der Waals surface area (Å²) in [6.45, 7) is -0.00730. The van der Waals surface area contributed by atoms with Gasteiger partial charge in [0.05, 0.1) is 0 Å². The average molecular weight is 285 g/mol. The van der Waals surface area contributed by atoms with Crippen molar-refractivity contribution in [1.29, 1.82) is 0 Å². The van der Waals surface area contributed by atoms with Crippen LogP contribution in [0.15, 0.2) is 23.1 Å². The van der Waals surface area contributed by atoms with E-state index < -0.39 is 17.5 Å². The lowest BCUT2D eigenvalue weighted by Gasteiger charge is -2.26. The van der Waals surface area contributed by atoms with Crippen molar-refractivity contribution in [3.8, 4) is 11.5 Å². The molecule has 0 amide bonds. The van der Waals surface area contributed by atoms with E-state index in [9.17, 15) is 13.2 Å². The molecule has 1 atom stereocenters. The fraction of sp³-hybridized carbons (Fsp3) is 0.455. The summed E-state index contributed by atoms with van der Waals surface area (Å²) in [6.07, 6.45) is -1.86. The summed E-state index contributed by atoms with van der Waals surface area (Å²) in [4.78, 5) is 11.5. The van der Waals surface area contributed by atoms with E-state index in [0.29, 0.717) is 5.69 Å². The Kier molecular flexibility index (Phi) is 2.93. The predicted octanol–water partition coefficient (Wildman–Crippen LogP) is 1.32. The second-order valence-electron chi connectivity index (χ2n) is 4.52. The van der Waals surface area contributed by atoms with Crippen molar-refractivity contribution in [3.05, 3.63) is 24.5 Å². The van der Waals surface area contributed by atoms with Crippen molar-refractivity contribution in [2.45, 2.75) is 18.0 Å². The number of halogens is 3. The van der Waals surface area contributed by atoms with Gasteiger partial charge in [-0.15, -0.1) is 0 Å². The Morgan fingerprint density at radius 3 is 2.80 bits per heavy atom. The van der Waals surface area contributed by atoms with Crippen LogP contribution in [0.4, 0.5) is 13.2 Å². The van der Waals surface area contributed by atoms with Crippen LogP contribution in [-0.2, 0) is 5.41 Å². The van der Waals surface area contributed by atoms with Crippen LogP contribution in [0, 0.1) is 0 Å². The second-order valence-corrected chi connectivity index (χ2v) is 4.52. The van der Waals surface area contributed by atoms with Gasteiger partial charge >= 0.3 is 6.18 Å². The van der Waals surface area contributed by atoms with Crippen molar-refractivity contribution in [2.75, 3.05) is 13.1 Å². The Hall–Kier alpha value is -2.03. The van der Waals surface area contributed by atoms with Gasteiger partial charge in [0, 0.05) is 12.7 Å². The van der Waals surface area contributed by atoms with E-state index in [0.717, 1.165) is 0 Å². The summed E-state index contributed by atoms with van der Waals surface area (Å²) in [7, 11) is 0. The number of hydrogen-bond donors (Lipinski definition) is 1. The van der Waals surface area contributed by atoms with Gasteiger partial charge < -0.3 is 9.84 Å². The van der Waals surface area contributed by atoms with Crippen LogP contribution < -0.4 is 5.32 Å². The monoisotopic (exact) mass is 285 g/mol. The maximum absolute atomic E-state index is 13.3. The molecule has 2 aromatic heterocycles. The zero-order chi connectivity index (χ0) is 14.2. The molecule has 1 unspecified atom stereocenters. The van der Waals surface area contributed by atoms with Gasteiger partial charge in [-0.1, -0.05) is 5.16 Å². The summed E-state index contributed by atoms with van der Waals surface area (Å²) in [5.41, 5.74) is -1.80. The third-order valence-electron chi connectivity index (χ3n) is 3.34. The number of rotatable bonds is 2. The molecule has 0 spiro atoms. The number of alkyl halides is 3. The van der Waals surface area contributed by atoms with Gasteiger partial charge in [0.2, 0.25) is 11.7 Å². The molecule has 6 nitrogen and oxygen atoms in total. The molecule has 0 saturated carbocycles. The Bertz CT molecular complexity index is 592. The first-order chi connectivity index (χ1) is 9.53. The zero-order valence-corrected chi connectivity index (χ0v) is 10.2. The largest absolute Gasteiger partial charge is 0.404 e. The maximum Gasteiger partial charge on any atom is 0.404 e. The molecule has 1 saturated heterocycles. The van der Waals surface area contributed by atoms with Gasteiger partial charge in [-0.25, -0.2) is 9.97 Å². The molecule has 1 aliphatic heterocycles. The van der Waals surface area contributed by atoms with Crippen molar-refractivity contribution in [3.63, 3.8) is 0 Å². The summed E-state index contributed by atoms with van der Waals surface area (Å²) >= 11 is 0. The molecule has 20 heavy (non-hydrogen) atoms. The molecule has 1 aliphatic rings. The van der Waals surface area contributed by atoms with E-state index in [4.69, 9.17) is 4.52 Å². The molecule has 1 fully saturated rings.